The van der Waals surface area contributed by atoms with E-state index in [2.05, 4.69) is 26.1 Å². The number of benzene rings is 3. The Hall–Kier alpha value is -4.39. The van der Waals surface area contributed by atoms with Crippen molar-refractivity contribution in [1.82, 2.24) is 14.7 Å². The summed E-state index contributed by atoms with van der Waals surface area (Å²) in [4.78, 5) is 27.9. The van der Waals surface area contributed by atoms with Crippen molar-refractivity contribution in [3.63, 3.8) is 0 Å². The van der Waals surface area contributed by atoms with Crippen LogP contribution in [0.15, 0.2) is 84.9 Å². The molecule has 0 saturated heterocycles. The first-order chi connectivity index (χ1) is 18.2. The maximum atomic E-state index is 13.2. The van der Waals surface area contributed by atoms with Gasteiger partial charge in [-0.15, -0.1) is 0 Å². The monoisotopic (exact) mass is 510 g/mol. The lowest BCUT2D eigenvalue weighted by Crippen LogP contribution is -2.38. The van der Waals surface area contributed by atoms with E-state index in [0.717, 1.165) is 28.3 Å². The fraction of sp³-hybridized carbons (Fsp3) is 0.258. The van der Waals surface area contributed by atoms with Gasteiger partial charge in [-0.3, -0.25) is 9.59 Å². The fourth-order valence-electron chi connectivity index (χ4n) is 4.12. The summed E-state index contributed by atoms with van der Waals surface area (Å²) in [6.07, 6.45) is 0. The summed E-state index contributed by atoms with van der Waals surface area (Å²) < 4.78 is 6.96. The molecule has 0 fully saturated rings. The SMILES string of the molecule is CCN(CC(=O)Nc1cc(-c2ccccc2)nn1-c1ccc(OC)cc1)C(=O)c1ccc(C(C)(C)C)cc1. The molecular formula is C31H34N4O3. The van der Waals surface area contributed by atoms with E-state index < -0.39 is 0 Å². The molecule has 196 valence electrons. The van der Waals surface area contributed by atoms with Crippen molar-refractivity contribution < 1.29 is 14.3 Å². The molecule has 0 aliphatic heterocycles. The van der Waals surface area contributed by atoms with Crippen molar-refractivity contribution in [1.29, 1.82) is 0 Å². The molecule has 7 nitrogen and oxygen atoms in total. The molecular weight excluding hydrogens is 476 g/mol. The molecule has 0 saturated carbocycles. The minimum absolute atomic E-state index is 0.00263. The second kappa shape index (κ2) is 11.3. The van der Waals surface area contributed by atoms with Gasteiger partial charge in [0.1, 0.15) is 18.1 Å². The predicted octanol–water partition coefficient (Wildman–Crippen LogP) is 5.95. The van der Waals surface area contributed by atoms with Gasteiger partial charge < -0.3 is 15.0 Å². The van der Waals surface area contributed by atoms with Gasteiger partial charge in [0.05, 0.1) is 18.5 Å². The molecule has 2 amide bonds. The van der Waals surface area contributed by atoms with E-state index >= 15 is 0 Å². The van der Waals surface area contributed by atoms with Gasteiger partial charge in [0.25, 0.3) is 5.91 Å². The Morgan fingerprint density at radius 1 is 0.947 bits per heavy atom. The van der Waals surface area contributed by atoms with Crippen LogP contribution in [0.5, 0.6) is 5.75 Å². The molecule has 3 aromatic carbocycles. The van der Waals surface area contributed by atoms with Gasteiger partial charge in [-0.2, -0.15) is 5.10 Å². The van der Waals surface area contributed by atoms with Crippen LogP contribution in [0.4, 0.5) is 5.82 Å². The maximum Gasteiger partial charge on any atom is 0.254 e. The number of likely N-dealkylation sites (N-methyl/N-ethyl adjacent to an activating group) is 1. The van der Waals surface area contributed by atoms with Gasteiger partial charge in [0.15, 0.2) is 0 Å². The molecule has 1 N–H and O–H groups in total. The Bertz CT molecular complexity index is 1390. The number of ether oxygens (including phenoxy) is 1. The van der Waals surface area contributed by atoms with Gasteiger partial charge in [0, 0.05) is 23.7 Å². The second-order valence-corrected chi connectivity index (χ2v) is 10.1. The Balaban J connectivity index is 1.56. The maximum absolute atomic E-state index is 13.2. The zero-order valence-electron chi connectivity index (χ0n) is 22.6. The number of amides is 2. The summed E-state index contributed by atoms with van der Waals surface area (Å²) in [6.45, 7) is 8.58. The van der Waals surface area contributed by atoms with E-state index in [4.69, 9.17) is 9.84 Å². The van der Waals surface area contributed by atoms with Crippen LogP contribution < -0.4 is 10.1 Å². The smallest absolute Gasteiger partial charge is 0.254 e. The van der Waals surface area contributed by atoms with Gasteiger partial charge >= 0.3 is 0 Å². The van der Waals surface area contributed by atoms with Crippen molar-refractivity contribution in [2.75, 3.05) is 25.5 Å². The molecule has 0 aliphatic carbocycles. The third-order valence-electron chi connectivity index (χ3n) is 6.36. The van der Waals surface area contributed by atoms with Crippen LogP contribution >= 0.6 is 0 Å². The average molecular weight is 511 g/mol. The first kappa shape index (κ1) is 26.7. The molecule has 0 bridgehead atoms. The molecule has 38 heavy (non-hydrogen) atoms. The Kier molecular flexibility index (Phi) is 7.96. The van der Waals surface area contributed by atoms with Crippen LogP contribution in [0.3, 0.4) is 0 Å². The van der Waals surface area contributed by atoms with Crippen LogP contribution in [0.1, 0.15) is 43.6 Å². The van der Waals surface area contributed by atoms with E-state index in [9.17, 15) is 9.59 Å². The molecule has 0 radical (unpaired) electrons. The standard InChI is InChI=1S/C31H34N4O3/c1-6-34(30(37)23-12-14-24(15-13-23)31(2,3)4)21-29(36)32-28-20-27(22-10-8-7-9-11-22)33-35(28)25-16-18-26(38-5)19-17-25/h7-20H,6,21H2,1-5H3,(H,32,36). The number of carbonyl (C=O) groups is 2. The van der Waals surface area contributed by atoms with Crippen LogP contribution in [0, 0.1) is 0 Å². The number of nitrogens with zero attached hydrogens (tertiary/aromatic N) is 3. The molecule has 7 heteroatoms. The van der Waals surface area contributed by atoms with Crippen molar-refractivity contribution in [3.05, 3.63) is 96.1 Å². The van der Waals surface area contributed by atoms with E-state index in [1.54, 1.807) is 11.8 Å². The number of carbonyl (C=O) groups excluding carboxylic acids is 2. The lowest BCUT2D eigenvalue weighted by atomic mass is 9.86. The Labute approximate surface area is 224 Å². The second-order valence-electron chi connectivity index (χ2n) is 10.1. The van der Waals surface area contributed by atoms with Crippen LogP contribution in [0.25, 0.3) is 16.9 Å². The molecule has 1 heterocycles. The number of aromatic nitrogens is 2. The van der Waals surface area contributed by atoms with Crippen molar-refractivity contribution >= 4 is 17.6 Å². The van der Waals surface area contributed by atoms with Gasteiger partial charge in [-0.25, -0.2) is 4.68 Å². The quantitative estimate of drug-likeness (QED) is 0.318. The third-order valence-corrected chi connectivity index (χ3v) is 6.36. The highest BCUT2D eigenvalue weighted by Gasteiger charge is 2.21. The van der Waals surface area contributed by atoms with Crippen molar-refractivity contribution in [2.45, 2.75) is 33.1 Å². The van der Waals surface area contributed by atoms with Crippen molar-refractivity contribution in [3.8, 4) is 22.7 Å². The Morgan fingerprint density at radius 3 is 2.18 bits per heavy atom. The van der Waals surface area contributed by atoms with Crippen LogP contribution in [-0.4, -0.2) is 46.7 Å². The molecule has 0 unspecified atom stereocenters. The number of rotatable bonds is 8. The molecule has 0 atom stereocenters. The third kappa shape index (κ3) is 6.11. The highest BCUT2D eigenvalue weighted by Crippen LogP contribution is 2.26. The van der Waals surface area contributed by atoms with Crippen LogP contribution in [-0.2, 0) is 10.2 Å². The van der Waals surface area contributed by atoms with E-state index in [0.29, 0.717) is 17.9 Å². The summed E-state index contributed by atoms with van der Waals surface area (Å²) in [6, 6.07) is 26.6. The first-order valence-electron chi connectivity index (χ1n) is 12.7. The minimum atomic E-state index is -0.305. The number of nitrogens with one attached hydrogen (secondary N) is 1. The van der Waals surface area contributed by atoms with E-state index in [1.165, 1.54) is 4.90 Å². The highest BCUT2D eigenvalue weighted by atomic mass is 16.5. The zero-order chi connectivity index (χ0) is 27.3. The summed E-state index contributed by atoms with van der Waals surface area (Å²) in [7, 11) is 1.61. The number of anilines is 1. The number of hydrogen-bond donors (Lipinski definition) is 1. The fourth-order valence-corrected chi connectivity index (χ4v) is 4.12. The largest absolute Gasteiger partial charge is 0.497 e. The van der Waals surface area contributed by atoms with Gasteiger partial charge in [-0.1, -0.05) is 63.2 Å². The van der Waals surface area contributed by atoms with Gasteiger partial charge in [-0.05, 0) is 54.3 Å². The number of hydrogen-bond acceptors (Lipinski definition) is 4. The lowest BCUT2D eigenvalue weighted by molar-refractivity contribution is -0.116. The van der Waals surface area contributed by atoms with E-state index in [-0.39, 0.29) is 23.8 Å². The molecule has 1 aromatic heterocycles. The zero-order valence-corrected chi connectivity index (χ0v) is 22.6. The summed E-state index contributed by atoms with van der Waals surface area (Å²) >= 11 is 0. The first-order valence-corrected chi connectivity index (χ1v) is 12.7. The topological polar surface area (TPSA) is 76.5 Å². The average Bonchev–Trinajstić information content (AvgIpc) is 3.35. The van der Waals surface area contributed by atoms with Crippen LogP contribution in [0.2, 0.25) is 0 Å². The molecule has 0 spiro atoms. The normalized spacial score (nSPS) is 11.2. The van der Waals surface area contributed by atoms with E-state index in [1.807, 2.05) is 91.9 Å². The summed E-state index contributed by atoms with van der Waals surface area (Å²) in [5.74, 6) is 0.747. The molecule has 4 aromatic rings. The molecule has 0 aliphatic rings. The van der Waals surface area contributed by atoms with Gasteiger partial charge in [0.2, 0.25) is 5.91 Å². The summed E-state index contributed by atoms with van der Waals surface area (Å²) in [5.41, 5.74) is 4.12. The predicted molar refractivity (Wildman–Crippen MR) is 151 cm³/mol. The van der Waals surface area contributed by atoms with Crippen molar-refractivity contribution in [2.24, 2.45) is 0 Å². The molecule has 4 rings (SSSR count). The minimum Gasteiger partial charge on any atom is -0.497 e. The lowest BCUT2D eigenvalue weighted by Gasteiger charge is -2.22. The highest BCUT2D eigenvalue weighted by molar-refractivity contribution is 5.99. The number of methoxy groups -OCH3 is 1. The summed E-state index contributed by atoms with van der Waals surface area (Å²) in [5, 5.41) is 7.71. The Morgan fingerprint density at radius 2 is 1.61 bits per heavy atom.